The molecule has 0 radical (unpaired) electrons. The highest BCUT2D eigenvalue weighted by atomic mass is 35.5. The highest BCUT2D eigenvalue weighted by Crippen LogP contribution is 2.25. The van der Waals surface area contributed by atoms with E-state index in [0.717, 1.165) is 28.2 Å². The van der Waals surface area contributed by atoms with E-state index in [1.54, 1.807) is 19.4 Å². The fourth-order valence-corrected chi connectivity index (χ4v) is 2.37. The van der Waals surface area contributed by atoms with Crippen molar-refractivity contribution in [3.63, 3.8) is 0 Å². The normalized spacial score (nSPS) is 10.6. The lowest BCUT2D eigenvalue weighted by atomic mass is 10.1. The van der Waals surface area contributed by atoms with Gasteiger partial charge in [-0.15, -0.1) is 0 Å². The Morgan fingerprint density at radius 3 is 2.71 bits per heavy atom. The molecule has 0 bridgehead atoms. The molecule has 0 atom stereocenters. The van der Waals surface area contributed by atoms with Gasteiger partial charge in [-0.1, -0.05) is 11.6 Å². The van der Waals surface area contributed by atoms with Crippen LogP contribution in [0.4, 0.5) is 0 Å². The Kier molecular flexibility index (Phi) is 6.40. The molecule has 0 aliphatic rings. The zero-order chi connectivity index (χ0) is 17.5. The Balaban J connectivity index is 2.15. The van der Waals surface area contributed by atoms with E-state index in [0.29, 0.717) is 11.6 Å². The minimum Gasteiger partial charge on any atom is -0.496 e. The largest absolute Gasteiger partial charge is 0.496 e. The SMILES string of the molecule is COc1ccc(C=NNC(N)=S)cc1COc1ccc(Cl)cc1C. The molecule has 0 amide bonds. The molecule has 0 heterocycles. The molecule has 0 saturated heterocycles. The number of thiocarbonyl (C=S) groups is 1. The summed E-state index contributed by atoms with van der Waals surface area (Å²) in [5.74, 6) is 1.51. The summed E-state index contributed by atoms with van der Waals surface area (Å²) in [4.78, 5) is 0. The Hall–Kier alpha value is -2.31. The number of aryl methyl sites for hydroxylation is 1. The zero-order valence-electron chi connectivity index (χ0n) is 13.4. The van der Waals surface area contributed by atoms with Gasteiger partial charge in [0.15, 0.2) is 5.11 Å². The van der Waals surface area contributed by atoms with E-state index in [9.17, 15) is 0 Å². The molecule has 5 nitrogen and oxygen atoms in total. The summed E-state index contributed by atoms with van der Waals surface area (Å²) in [7, 11) is 1.62. The summed E-state index contributed by atoms with van der Waals surface area (Å²) in [5.41, 5.74) is 10.6. The topological polar surface area (TPSA) is 68.9 Å². The summed E-state index contributed by atoms with van der Waals surface area (Å²) in [6.07, 6.45) is 1.62. The molecule has 0 aromatic heterocycles. The van der Waals surface area contributed by atoms with Crippen LogP contribution in [0.5, 0.6) is 11.5 Å². The van der Waals surface area contributed by atoms with Gasteiger partial charge in [0, 0.05) is 10.6 Å². The smallest absolute Gasteiger partial charge is 0.184 e. The number of nitrogens with one attached hydrogen (secondary N) is 1. The first-order chi connectivity index (χ1) is 11.5. The molecule has 0 spiro atoms. The number of hydrazone groups is 1. The predicted octanol–water partition coefficient (Wildman–Crippen LogP) is 3.40. The number of nitrogens with zero attached hydrogens (tertiary/aromatic N) is 1. The van der Waals surface area contributed by atoms with E-state index in [2.05, 4.69) is 10.5 Å². The average Bonchev–Trinajstić information content (AvgIpc) is 2.54. The third kappa shape index (κ3) is 5.11. The molecule has 24 heavy (non-hydrogen) atoms. The molecule has 2 rings (SSSR count). The van der Waals surface area contributed by atoms with Crippen LogP contribution in [0.15, 0.2) is 41.5 Å². The van der Waals surface area contributed by atoms with Crippen LogP contribution < -0.4 is 20.6 Å². The van der Waals surface area contributed by atoms with E-state index >= 15 is 0 Å². The molecule has 0 unspecified atom stereocenters. The second kappa shape index (κ2) is 8.52. The van der Waals surface area contributed by atoms with E-state index < -0.39 is 0 Å². The number of halogens is 1. The van der Waals surface area contributed by atoms with Gasteiger partial charge in [-0.3, -0.25) is 5.43 Å². The third-order valence-electron chi connectivity index (χ3n) is 3.21. The van der Waals surface area contributed by atoms with Crippen LogP contribution in [0.25, 0.3) is 0 Å². The maximum atomic E-state index is 5.96. The summed E-state index contributed by atoms with van der Waals surface area (Å²) >= 11 is 10.7. The minimum absolute atomic E-state index is 0.113. The molecule has 7 heteroatoms. The van der Waals surface area contributed by atoms with Gasteiger partial charge in [0.25, 0.3) is 0 Å². The number of hydrogen-bond donors (Lipinski definition) is 2. The van der Waals surface area contributed by atoms with Crippen LogP contribution in [0, 0.1) is 6.92 Å². The van der Waals surface area contributed by atoms with E-state index in [1.165, 1.54) is 0 Å². The van der Waals surface area contributed by atoms with Crippen molar-refractivity contribution in [1.29, 1.82) is 0 Å². The van der Waals surface area contributed by atoms with Crippen LogP contribution in [0.2, 0.25) is 5.02 Å². The summed E-state index contributed by atoms with van der Waals surface area (Å²) in [6.45, 7) is 2.30. The maximum Gasteiger partial charge on any atom is 0.184 e. The van der Waals surface area contributed by atoms with Crippen LogP contribution in [0.1, 0.15) is 16.7 Å². The monoisotopic (exact) mass is 363 g/mol. The van der Waals surface area contributed by atoms with Gasteiger partial charge in [0.05, 0.1) is 13.3 Å². The Labute approximate surface area is 151 Å². The van der Waals surface area contributed by atoms with E-state index in [4.69, 9.17) is 39.0 Å². The first-order valence-corrected chi connectivity index (χ1v) is 7.92. The molecule has 0 fully saturated rings. The predicted molar refractivity (Wildman–Crippen MR) is 101 cm³/mol. The second-order valence-electron chi connectivity index (χ2n) is 5.00. The van der Waals surface area contributed by atoms with Crippen LogP contribution in [-0.2, 0) is 6.61 Å². The van der Waals surface area contributed by atoms with E-state index in [1.807, 2.05) is 37.3 Å². The van der Waals surface area contributed by atoms with Gasteiger partial charge in [-0.05, 0) is 66.7 Å². The fourth-order valence-electron chi connectivity index (χ4n) is 2.09. The number of benzene rings is 2. The zero-order valence-corrected chi connectivity index (χ0v) is 14.9. The number of hydrogen-bond acceptors (Lipinski definition) is 4. The first-order valence-electron chi connectivity index (χ1n) is 7.14. The van der Waals surface area contributed by atoms with Gasteiger partial charge in [-0.2, -0.15) is 5.10 Å². The van der Waals surface area contributed by atoms with Crippen molar-refractivity contribution in [1.82, 2.24) is 5.43 Å². The lowest BCUT2D eigenvalue weighted by molar-refractivity contribution is 0.295. The van der Waals surface area contributed by atoms with Crippen molar-refractivity contribution in [2.24, 2.45) is 10.8 Å². The molecule has 0 saturated carbocycles. The number of rotatable bonds is 6. The lowest BCUT2D eigenvalue weighted by Gasteiger charge is -2.13. The molecule has 126 valence electrons. The van der Waals surface area contributed by atoms with Gasteiger partial charge in [-0.25, -0.2) is 0 Å². The van der Waals surface area contributed by atoms with Crippen molar-refractivity contribution >= 4 is 35.1 Å². The molecule has 0 aliphatic carbocycles. The van der Waals surface area contributed by atoms with Crippen molar-refractivity contribution in [3.05, 3.63) is 58.1 Å². The third-order valence-corrected chi connectivity index (χ3v) is 3.54. The van der Waals surface area contributed by atoms with Crippen LogP contribution in [-0.4, -0.2) is 18.4 Å². The summed E-state index contributed by atoms with van der Waals surface area (Å²) in [6, 6.07) is 11.2. The summed E-state index contributed by atoms with van der Waals surface area (Å²) in [5, 5.41) is 4.74. The van der Waals surface area contributed by atoms with Gasteiger partial charge >= 0.3 is 0 Å². The van der Waals surface area contributed by atoms with Crippen molar-refractivity contribution < 1.29 is 9.47 Å². The van der Waals surface area contributed by atoms with Gasteiger partial charge in [0.2, 0.25) is 0 Å². The van der Waals surface area contributed by atoms with Crippen molar-refractivity contribution in [2.75, 3.05) is 7.11 Å². The number of nitrogens with two attached hydrogens (primary N) is 1. The Bertz CT molecular complexity index is 765. The van der Waals surface area contributed by atoms with Gasteiger partial charge < -0.3 is 15.2 Å². The molecule has 2 aromatic carbocycles. The standard InChI is InChI=1S/C17H18ClN3O2S/c1-11-7-14(18)4-6-15(11)23-10-13-8-12(3-5-16(13)22-2)9-20-21-17(19)24/h3-9H,10H2,1-2H3,(H3,19,21,24). The van der Waals surface area contributed by atoms with Gasteiger partial charge in [0.1, 0.15) is 18.1 Å². The Morgan fingerprint density at radius 1 is 1.29 bits per heavy atom. The minimum atomic E-state index is 0.113. The Morgan fingerprint density at radius 2 is 2.04 bits per heavy atom. The molecular weight excluding hydrogens is 346 g/mol. The first kappa shape index (κ1) is 18.0. The fraction of sp³-hybridized carbons (Fsp3) is 0.176. The average molecular weight is 364 g/mol. The summed E-state index contributed by atoms with van der Waals surface area (Å²) < 4.78 is 11.3. The van der Waals surface area contributed by atoms with Crippen molar-refractivity contribution in [2.45, 2.75) is 13.5 Å². The lowest BCUT2D eigenvalue weighted by Crippen LogP contribution is -2.24. The van der Waals surface area contributed by atoms with Crippen molar-refractivity contribution in [3.8, 4) is 11.5 Å². The molecule has 2 aromatic rings. The van der Waals surface area contributed by atoms with Crippen LogP contribution in [0.3, 0.4) is 0 Å². The van der Waals surface area contributed by atoms with E-state index in [-0.39, 0.29) is 5.11 Å². The molecule has 3 N–H and O–H groups in total. The highest BCUT2D eigenvalue weighted by Gasteiger charge is 2.07. The molecular formula is C17H18ClN3O2S. The van der Waals surface area contributed by atoms with Crippen LogP contribution >= 0.6 is 23.8 Å². The molecule has 0 aliphatic heterocycles. The number of ether oxygens (including phenoxy) is 2. The number of methoxy groups -OCH3 is 1. The maximum absolute atomic E-state index is 5.96. The highest BCUT2D eigenvalue weighted by molar-refractivity contribution is 7.80. The quantitative estimate of drug-likeness (QED) is 0.467. The second-order valence-corrected chi connectivity index (χ2v) is 5.88.